The molecule has 1 aromatic heterocycles. The number of carbonyl (C=O) groups excluding carboxylic acids is 1. The highest BCUT2D eigenvalue weighted by atomic mass is 32.2. The number of hydrogen-bond donors (Lipinski definition) is 1. The lowest BCUT2D eigenvalue weighted by molar-refractivity contribution is -0.115. The highest BCUT2D eigenvalue weighted by molar-refractivity contribution is 7.84. The molecule has 0 radical (unpaired) electrons. The first kappa shape index (κ1) is 16.5. The molecule has 2 aromatic carbocycles. The van der Waals surface area contributed by atoms with Gasteiger partial charge < -0.3 is 9.73 Å². The zero-order valence-corrected chi connectivity index (χ0v) is 14.7. The molecule has 0 fully saturated rings. The number of anilines is 1. The molecule has 1 N–H and O–H groups in total. The molecule has 5 heteroatoms. The van der Waals surface area contributed by atoms with E-state index in [1.54, 1.807) is 18.4 Å². The van der Waals surface area contributed by atoms with Crippen molar-refractivity contribution in [2.24, 2.45) is 0 Å². The molecule has 0 aliphatic heterocycles. The van der Waals surface area contributed by atoms with Gasteiger partial charge in [-0.2, -0.15) is 0 Å². The van der Waals surface area contributed by atoms with Gasteiger partial charge in [0.15, 0.2) is 0 Å². The van der Waals surface area contributed by atoms with Crippen molar-refractivity contribution in [1.29, 1.82) is 0 Å². The van der Waals surface area contributed by atoms with Gasteiger partial charge in [0.1, 0.15) is 11.3 Å². The van der Waals surface area contributed by atoms with Crippen molar-refractivity contribution in [1.82, 2.24) is 0 Å². The van der Waals surface area contributed by atoms with Gasteiger partial charge in [0.25, 0.3) is 0 Å². The normalized spacial score (nSPS) is 12.3. The molecule has 24 heavy (non-hydrogen) atoms. The van der Waals surface area contributed by atoms with Crippen LogP contribution < -0.4 is 5.32 Å². The molecule has 3 rings (SSSR count). The Balaban J connectivity index is 1.72. The van der Waals surface area contributed by atoms with E-state index in [2.05, 4.69) is 5.32 Å². The van der Waals surface area contributed by atoms with Crippen LogP contribution in [0.25, 0.3) is 11.0 Å². The van der Waals surface area contributed by atoms with Crippen molar-refractivity contribution < 1.29 is 13.4 Å². The summed E-state index contributed by atoms with van der Waals surface area (Å²) in [6.07, 6.45) is 1.91. The first-order valence-electron chi connectivity index (χ1n) is 7.66. The van der Waals surface area contributed by atoms with Crippen LogP contribution >= 0.6 is 0 Å². The third kappa shape index (κ3) is 3.41. The summed E-state index contributed by atoms with van der Waals surface area (Å²) in [7, 11) is -1.00. The van der Waals surface area contributed by atoms with E-state index in [0.29, 0.717) is 0 Å². The number of hydrogen-bond acceptors (Lipinski definition) is 3. The minimum atomic E-state index is -1.00. The predicted octanol–water partition coefficient (Wildman–Crippen LogP) is 3.97. The number of furan rings is 1. The first-order valence-corrected chi connectivity index (χ1v) is 9.22. The summed E-state index contributed by atoms with van der Waals surface area (Å²) in [6.45, 7) is 3.94. The summed E-state index contributed by atoms with van der Waals surface area (Å²) in [5.74, 6) is 0.805. The van der Waals surface area contributed by atoms with Gasteiger partial charge in [0.2, 0.25) is 5.91 Å². The molecule has 0 aliphatic rings. The lowest BCUT2D eigenvalue weighted by Crippen LogP contribution is -2.14. The maximum Gasteiger partial charge on any atom is 0.228 e. The Morgan fingerprint density at radius 3 is 2.50 bits per heavy atom. The van der Waals surface area contributed by atoms with Crippen LogP contribution in [0.15, 0.2) is 51.8 Å². The summed E-state index contributed by atoms with van der Waals surface area (Å²) < 4.78 is 17.0. The minimum absolute atomic E-state index is 0.0856. The average molecular weight is 341 g/mol. The van der Waals surface area contributed by atoms with Crippen LogP contribution in [-0.4, -0.2) is 16.4 Å². The molecule has 0 bridgehead atoms. The van der Waals surface area contributed by atoms with E-state index < -0.39 is 10.8 Å². The summed E-state index contributed by atoms with van der Waals surface area (Å²) in [4.78, 5) is 13.0. The molecule has 0 saturated carbocycles. The Morgan fingerprint density at radius 2 is 1.83 bits per heavy atom. The number of benzene rings is 2. The molecule has 3 aromatic rings. The van der Waals surface area contributed by atoms with Crippen LogP contribution in [0.1, 0.15) is 16.9 Å². The Kier molecular flexibility index (Phi) is 4.53. The predicted molar refractivity (Wildman–Crippen MR) is 96.8 cm³/mol. The van der Waals surface area contributed by atoms with Crippen molar-refractivity contribution in [2.45, 2.75) is 25.2 Å². The van der Waals surface area contributed by atoms with Gasteiger partial charge in [-0.05, 0) is 55.3 Å². The van der Waals surface area contributed by atoms with Gasteiger partial charge in [-0.25, -0.2) is 0 Å². The standard InChI is InChI=1S/C19H19NO3S/c1-12-13(2)23-18-9-6-15(11-17(12)18)20-19(21)10-14-4-7-16(8-5-14)24(3)22/h4-9,11H,10H2,1-3H3,(H,20,21)/t24-/m1/s1. The van der Waals surface area contributed by atoms with Gasteiger partial charge in [-0.3, -0.25) is 9.00 Å². The van der Waals surface area contributed by atoms with Crippen LogP contribution in [-0.2, 0) is 22.0 Å². The van der Waals surface area contributed by atoms with Crippen LogP contribution in [0.3, 0.4) is 0 Å². The van der Waals surface area contributed by atoms with Gasteiger partial charge in [-0.15, -0.1) is 0 Å². The number of nitrogens with one attached hydrogen (secondary N) is 1. The van der Waals surface area contributed by atoms with Crippen LogP contribution in [0.2, 0.25) is 0 Å². The number of fused-ring (bicyclic) bond motifs is 1. The Morgan fingerprint density at radius 1 is 1.12 bits per heavy atom. The zero-order chi connectivity index (χ0) is 17.3. The minimum Gasteiger partial charge on any atom is -0.461 e. The molecular formula is C19H19NO3S. The highest BCUT2D eigenvalue weighted by Crippen LogP contribution is 2.27. The fourth-order valence-electron chi connectivity index (χ4n) is 2.61. The van der Waals surface area contributed by atoms with Gasteiger partial charge in [0, 0.05) is 33.0 Å². The lowest BCUT2D eigenvalue weighted by atomic mass is 10.1. The van der Waals surface area contributed by atoms with E-state index in [-0.39, 0.29) is 12.3 Å². The molecule has 0 spiro atoms. The molecule has 0 unspecified atom stereocenters. The van der Waals surface area contributed by atoms with E-state index in [0.717, 1.165) is 38.4 Å². The second-order valence-corrected chi connectivity index (χ2v) is 7.20. The quantitative estimate of drug-likeness (QED) is 0.781. The summed E-state index contributed by atoms with van der Waals surface area (Å²) in [6, 6.07) is 12.9. The SMILES string of the molecule is Cc1oc2ccc(NC(=O)Cc3ccc([S@@](C)=O)cc3)cc2c1C. The highest BCUT2D eigenvalue weighted by Gasteiger charge is 2.09. The third-order valence-corrected chi connectivity index (χ3v) is 5.01. The fraction of sp³-hybridized carbons (Fsp3) is 0.211. The van der Waals surface area contributed by atoms with Crippen molar-refractivity contribution in [3.8, 4) is 0 Å². The smallest absolute Gasteiger partial charge is 0.228 e. The van der Waals surface area contributed by atoms with Crippen LogP contribution in [0.5, 0.6) is 0 Å². The zero-order valence-electron chi connectivity index (χ0n) is 13.9. The second kappa shape index (κ2) is 6.61. The average Bonchev–Trinajstić information content (AvgIpc) is 2.82. The van der Waals surface area contributed by atoms with Crippen LogP contribution in [0.4, 0.5) is 5.69 Å². The topological polar surface area (TPSA) is 59.3 Å². The third-order valence-electron chi connectivity index (χ3n) is 4.08. The van der Waals surface area contributed by atoms with E-state index in [4.69, 9.17) is 4.42 Å². The molecule has 1 atom stereocenters. The van der Waals surface area contributed by atoms with E-state index in [1.165, 1.54) is 0 Å². The van der Waals surface area contributed by atoms with Crippen molar-refractivity contribution in [3.63, 3.8) is 0 Å². The van der Waals surface area contributed by atoms with E-state index in [1.807, 2.05) is 44.2 Å². The van der Waals surface area contributed by atoms with Gasteiger partial charge in [-0.1, -0.05) is 12.1 Å². The summed E-state index contributed by atoms with van der Waals surface area (Å²) in [5, 5.41) is 3.93. The molecular weight excluding hydrogens is 322 g/mol. The van der Waals surface area contributed by atoms with Gasteiger partial charge in [0.05, 0.1) is 6.42 Å². The summed E-state index contributed by atoms with van der Waals surface area (Å²) in [5.41, 5.74) is 3.55. The number of rotatable bonds is 4. The number of amides is 1. The Hall–Kier alpha value is -2.40. The Bertz CT molecular complexity index is 926. The fourth-order valence-corrected chi connectivity index (χ4v) is 3.13. The molecule has 0 saturated heterocycles. The molecule has 1 amide bonds. The number of aryl methyl sites for hydroxylation is 2. The number of carbonyl (C=O) groups is 1. The van der Waals surface area contributed by atoms with Gasteiger partial charge >= 0.3 is 0 Å². The lowest BCUT2D eigenvalue weighted by Gasteiger charge is -2.06. The van der Waals surface area contributed by atoms with Crippen LogP contribution in [0, 0.1) is 13.8 Å². The van der Waals surface area contributed by atoms with Crippen molar-refractivity contribution >= 4 is 33.4 Å². The molecule has 0 aliphatic carbocycles. The largest absolute Gasteiger partial charge is 0.461 e. The molecule has 4 nitrogen and oxygen atoms in total. The maximum absolute atomic E-state index is 12.2. The Labute approximate surface area is 143 Å². The van der Waals surface area contributed by atoms with E-state index >= 15 is 0 Å². The monoisotopic (exact) mass is 341 g/mol. The maximum atomic E-state index is 12.2. The molecule has 1 heterocycles. The van der Waals surface area contributed by atoms with Crippen molar-refractivity contribution in [2.75, 3.05) is 11.6 Å². The van der Waals surface area contributed by atoms with E-state index in [9.17, 15) is 9.00 Å². The summed E-state index contributed by atoms with van der Waals surface area (Å²) >= 11 is 0. The second-order valence-electron chi connectivity index (χ2n) is 5.82. The molecule has 124 valence electrons. The van der Waals surface area contributed by atoms with Crippen molar-refractivity contribution in [3.05, 3.63) is 59.4 Å². The first-order chi connectivity index (χ1) is 11.4.